The Kier molecular flexibility index (Phi) is 4.90. The van der Waals surface area contributed by atoms with Crippen LogP contribution in [0, 0.1) is 0 Å². The molecule has 1 saturated heterocycles. The summed E-state index contributed by atoms with van der Waals surface area (Å²) in [4.78, 5) is 31.4. The maximum atomic E-state index is 12.8. The fraction of sp³-hybridized carbons (Fsp3) is 0.381. The van der Waals surface area contributed by atoms with Crippen LogP contribution in [0.4, 0.5) is 0 Å². The normalized spacial score (nSPS) is 21.3. The Bertz CT molecular complexity index is 805. The summed E-state index contributed by atoms with van der Waals surface area (Å²) in [5.74, 6) is -0.153. The van der Waals surface area contributed by atoms with Crippen molar-refractivity contribution >= 4 is 11.8 Å². The number of rotatable bonds is 6. The van der Waals surface area contributed by atoms with Crippen molar-refractivity contribution < 1.29 is 9.59 Å². The monoisotopic (exact) mass is 364 g/mol. The Morgan fingerprint density at radius 1 is 1.22 bits per heavy atom. The number of piperazine rings is 1. The number of nitrogens with zero attached hydrogens (tertiary/aromatic N) is 2. The second-order valence-corrected chi connectivity index (χ2v) is 7.34. The maximum absolute atomic E-state index is 12.8. The van der Waals surface area contributed by atoms with Gasteiger partial charge in [0.05, 0.1) is 18.0 Å². The molecule has 0 radical (unpaired) electrons. The van der Waals surface area contributed by atoms with Crippen LogP contribution in [-0.2, 0) is 21.7 Å². The van der Waals surface area contributed by atoms with Crippen molar-refractivity contribution in [1.29, 1.82) is 0 Å². The maximum Gasteiger partial charge on any atom is 0.237 e. The topological polar surface area (TPSA) is 74.3 Å². The van der Waals surface area contributed by atoms with Gasteiger partial charge in [-0.3, -0.25) is 19.5 Å². The van der Waals surface area contributed by atoms with E-state index in [9.17, 15) is 9.59 Å². The number of hydrogen-bond acceptors (Lipinski definition) is 4. The molecule has 1 unspecified atom stereocenters. The lowest BCUT2D eigenvalue weighted by atomic mass is 10.0. The third-order valence-corrected chi connectivity index (χ3v) is 5.38. The van der Waals surface area contributed by atoms with Crippen LogP contribution >= 0.6 is 0 Å². The quantitative estimate of drug-likeness (QED) is 0.816. The SMILES string of the molecule is O=C(CC1C(=O)NCCN1Cc1cccnc1)NC1(c2ccccc2)CC1. The average molecular weight is 364 g/mol. The Hall–Kier alpha value is -2.73. The summed E-state index contributed by atoms with van der Waals surface area (Å²) in [5, 5.41) is 6.07. The summed E-state index contributed by atoms with van der Waals surface area (Å²) in [7, 11) is 0. The van der Waals surface area contributed by atoms with Gasteiger partial charge in [-0.1, -0.05) is 36.4 Å². The summed E-state index contributed by atoms with van der Waals surface area (Å²) in [6.45, 7) is 1.94. The van der Waals surface area contributed by atoms with Crippen molar-refractivity contribution in [3.05, 3.63) is 66.0 Å². The van der Waals surface area contributed by atoms with Gasteiger partial charge in [0.1, 0.15) is 0 Å². The highest BCUT2D eigenvalue weighted by Crippen LogP contribution is 2.45. The molecule has 0 spiro atoms. The van der Waals surface area contributed by atoms with Crippen LogP contribution in [0.5, 0.6) is 0 Å². The molecule has 0 bridgehead atoms. The predicted molar refractivity (Wildman–Crippen MR) is 102 cm³/mol. The molecule has 1 saturated carbocycles. The first kappa shape index (κ1) is 17.7. The third-order valence-electron chi connectivity index (χ3n) is 5.38. The van der Waals surface area contributed by atoms with Gasteiger partial charge in [-0.05, 0) is 30.0 Å². The molecule has 1 atom stereocenters. The van der Waals surface area contributed by atoms with E-state index in [2.05, 4.69) is 32.7 Å². The summed E-state index contributed by atoms with van der Waals surface area (Å²) < 4.78 is 0. The van der Waals surface area contributed by atoms with Gasteiger partial charge in [-0.15, -0.1) is 0 Å². The van der Waals surface area contributed by atoms with Crippen molar-refractivity contribution in [1.82, 2.24) is 20.5 Å². The van der Waals surface area contributed by atoms with Crippen LogP contribution in [-0.4, -0.2) is 40.8 Å². The van der Waals surface area contributed by atoms with Crippen LogP contribution in [0.15, 0.2) is 54.9 Å². The molecule has 2 fully saturated rings. The number of aromatic nitrogens is 1. The van der Waals surface area contributed by atoms with E-state index in [-0.39, 0.29) is 23.8 Å². The molecule has 1 aromatic carbocycles. The van der Waals surface area contributed by atoms with Gasteiger partial charge in [0.25, 0.3) is 0 Å². The van der Waals surface area contributed by atoms with Gasteiger partial charge in [0, 0.05) is 32.0 Å². The summed E-state index contributed by atoms with van der Waals surface area (Å²) >= 11 is 0. The van der Waals surface area contributed by atoms with Crippen molar-refractivity contribution in [3.8, 4) is 0 Å². The highest BCUT2D eigenvalue weighted by Gasteiger charge is 2.46. The molecule has 2 N–H and O–H groups in total. The Morgan fingerprint density at radius 3 is 2.74 bits per heavy atom. The van der Waals surface area contributed by atoms with Crippen LogP contribution < -0.4 is 10.6 Å². The molecule has 140 valence electrons. The zero-order valence-corrected chi connectivity index (χ0v) is 15.2. The minimum Gasteiger partial charge on any atom is -0.353 e. The van der Waals surface area contributed by atoms with Gasteiger partial charge in [-0.25, -0.2) is 0 Å². The van der Waals surface area contributed by atoms with Gasteiger partial charge >= 0.3 is 0 Å². The van der Waals surface area contributed by atoms with E-state index in [0.29, 0.717) is 13.1 Å². The van der Waals surface area contributed by atoms with E-state index < -0.39 is 6.04 Å². The molecule has 1 aliphatic carbocycles. The van der Waals surface area contributed by atoms with E-state index in [1.165, 1.54) is 0 Å². The van der Waals surface area contributed by atoms with E-state index >= 15 is 0 Å². The highest BCUT2D eigenvalue weighted by molar-refractivity contribution is 5.89. The fourth-order valence-electron chi connectivity index (χ4n) is 3.76. The Labute approximate surface area is 159 Å². The first-order valence-electron chi connectivity index (χ1n) is 9.43. The van der Waals surface area contributed by atoms with E-state index in [1.807, 2.05) is 30.3 Å². The zero-order valence-electron chi connectivity index (χ0n) is 15.2. The Morgan fingerprint density at radius 2 is 2.04 bits per heavy atom. The molecule has 27 heavy (non-hydrogen) atoms. The number of benzene rings is 1. The van der Waals surface area contributed by atoms with Gasteiger partial charge in [0.15, 0.2) is 0 Å². The van der Waals surface area contributed by atoms with Crippen molar-refractivity contribution in [2.45, 2.75) is 37.4 Å². The minimum absolute atomic E-state index is 0.0745. The van der Waals surface area contributed by atoms with Gasteiger partial charge < -0.3 is 10.6 Å². The molecule has 2 heterocycles. The average Bonchev–Trinajstić information content (AvgIpc) is 3.47. The summed E-state index contributed by atoms with van der Waals surface area (Å²) in [6, 6.07) is 13.5. The highest BCUT2D eigenvalue weighted by atomic mass is 16.2. The van der Waals surface area contributed by atoms with Crippen LogP contribution in [0.2, 0.25) is 0 Å². The molecule has 2 amide bonds. The molecule has 1 aromatic heterocycles. The van der Waals surface area contributed by atoms with Gasteiger partial charge in [0.2, 0.25) is 11.8 Å². The van der Waals surface area contributed by atoms with E-state index in [1.54, 1.807) is 12.4 Å². The van der Waals surface area contributed by atoms with Crippen LogP contribution in [0.3, 0.4) is 0 Å². The number of carbonyl (C=O) groups is 2. The Balaban J connectivity index is 1.43. The van der Waals surface area contributed by atoms with Crippen LogP contribution in [0.1, 0.15) is 30.4 Å². The lowest BCUT2D eigenvalue weighted by Gasteiger charge is -2.35. The zero-order chi connectivity index (χ0) is 18.7. The standard InChI is InChI=1S/C21H24N4O2/c26-19(24-21(8-9-21)17-6-2-1-3-7-17)13-18-20(27)23-11-12-25(18)15-16-5-4-10-22-14-16/h1-7,10,14,18H,8-9,11-13,15H2,(H,23,27)(H,24,26). The lowest BCUT2D eigenvalue weighted by Crippen LogP contribution is -2.56. The minimum atomic E-state index is -0.453. The van der Waals surface area contributed by atoms with Crippen molar-refractivity contribution in [2.24, 2.45) is 0 Å². The molecule has 4 rings (SSSR count). The molecule has 1 aliphatic heterocycles. The van der Waals surface area contributed by atoms with Crippen molar-refractivity contribution in [3.63, 3.8) is 0 Å². The molecular formula is C21H24N4O2. The lowest BCUT2D eigenvalue weighted by molar-refractivity contribution is -0.134. The molecule has 6 heteroatoms. The predicted octanol–water partition coefficient (Wildman–Crippen LogP) is 1.58. The van der Waals surface area contributed by atoms with E-state index in [4.69, 9.17) is 0 Å². The smallest absolute Gasteiger partial charge is 0.237 e. The molecule has 6 nitrogen and oxygen atoms in total. The third kappa shape index (κ3) is 4.01. The van der Waals surface area contributed by atoms with Gasteiger partial charge in [-0.2, -0.15) is 0 Å². The van der Waals surface area contributed by atoms with Crippen molar-refractivity contribution in [2.75, 3.05) is 13.1 Å². The molecule has 2 aliphatic rings. The van der Waals surface area contributed by atoms with E-state index in [0.717, 1.165) is 30.5 Å². The number of nitrogens with one attached hydrogen (secondary N) is 2. The molecule has 2 aromatic rings. The molecular weight excluding hydrogens is 340 g/mol. The first-order valence-corrected chi connectivity index (χ1v) is 9.43. The number of pyridine rings is 1. The number of amides is 2. The first-order chi connectivity index (χ1) is 13.2. The number of carbonyl (C=O) groups excluding carboxylic acids is 2. The number of hydrogen-bond donors (Lipinski definition) is 2. The fourth-order valence-corrected chi connectivity index (χ4v) is 3.76. The summed E-state index contributed by atoms with van der Waals surface area (Å²) in [5.41, 5.74) is 1.93. The second kappa shape index (κ2) is 7.48. The van der Waals surface area contributed by atoms with Crippen LogP contribution in [0.25, 0.3) is 0 Å². The largest absolute Gasteiger partial charge is 0.353 e. The second-order valence-electron chi connectivity index (χ2n) is 7.34. The summed E-state index contributed by atoms with van der Waals surface area (Å²) in [6.07, 6.45) is 5.59.